The largest absolute Gasteiger partial charge is 0.358 e. The van der Waals surface area contributed by atoms with Crippen molar-refractivity contribution >= 4 is 10.9 Å². The van der Waals surface area contributed by atoms with E-state index < -0.39 is 0 Å². The Kier molecular flexibility index (Phi) is 4.41. The number of fused-ring (bicyclic) bond motifs is 1. The average Bonchev–Trinajstić information content (AvgIpc) is 2.80. The van der Waals surface area contributed by atoms with Crippen LogP contribution < -0.4 is 5.32 Å². The number of hydrogen-bond acceptors (Lipinski definition) is 0. The van der Waals surface area contributed by atoms with Crippen LogP contribution in [-0.2, 0) is 6.42 Å². The molecule has 3 N–H and O–H groups in total. The molecule has 2 heteroatoms. The molecule has 1 aromatic carbocycles. The molecule has 1 saturated carbocycles. The van der Waals surface area contributed by atoms with Gasteiger partial charge in [-0.05, 0) is 50.7 Å². The summed E-state index contributed by atoms with van der Waals surface area (Å²) in [7, 11) is 0. The number of rotatable bonds is 5. The van der Waals surface area contributed by atoms with Crippen molar-refractivity contribution in [2.45, 2.75) is 57.9 Å². The summed E-state index contributed by atoms with van der Waals surface area (Å²) in [5.41, 5.74) is 4.16. The minimum absolute atomic E-state index is 0.910. The van der Waals surface area contributed by atoms with Crippen LogP contribution in [0, 0.1) is 6.92 Å². The van der Waals surface area contributed by atoms with Gasteiger partial charge in [0.05, 0.1) is 12.6 Å². The van der Waals surface area contributed by atoms with Crippen molar-refractivity contribution in [3.05, 3.63) is 35.5 Å². The smallest absolute Gasteiger partial charge is 0.0859 e. The van der Waals surface area contributed by atoms with Crippen LogP contribution in [-0.4, -0.2) is 17.6 Å². The average molecular weight is 271 g/mol. The summed E-state index contributed by atoms with van der Waals surface area (Å²) in [5.74, 6) is 0. The molecule has 3 rings (SSSR count). The summed E-state index contributed by atoms with van der Waals surface area (Å²) in [6.45, 7) is 3.49. The van der Waals surface area contributed by atoms with E-state index in [0.29, 0.717) is 0 Å². The van der Waals surface area contributed by atoms with E-state index in [-0.39, 0.29) is 0 Å². The van der Waals surface area contributed by atoms with E-state index in [9.17, 15) is 0 Å². The van der Waals surface area contributed by atoms with Crippen LogP contribution >= 0.6 is 0 Å². The number of nitrogens with two attached hydrogens (primary N) is 1. The Hall–Kier alpha value is -1.28. The first-order valence-corrected chi connectivity index (χ1v) is 8.24. The molecule has 2 aromatic rings. The molecule has 0 radical (unpaired) electrons. The molecule has 0 bridgehead atoms. The number of para-hydroxylation sites is 1. The molecule has 0 amide bonds. The van der Waals surface area contributed by atoms with E-state index in [4.69, 9.17) is 0 Å². The van der Waals surface area contributed by atoms with Crippen LogP contribution in [0.15, 0.2) is 24.3 Å². The molecular weight excluding hydrogens is 244 g/mol. The molecule has 20 heavy (non-hydrogen) atoms. The minimum Gasteiger partial charge on any atom is -0.358 e. The van der Waals surface area contributed by atoms with Gasteiger partial charge in [-0.25, -0.2) is 0 Å². The summed E-state index contributed by atoms with van der Waals surface area (Å²) in [6.07, 6.45) is 9.72. The van der Waals surface area contributed by atoms with Crippen molar-refractivity contribution < 1.29 is 5.32 Å². The van der Waals surface area contributed by atoms with Gasteiger partial charge < -0.3 is 10.3 Å². The highest BCUT2D eigenvalue weighted by atomic mass is 14.9. The summed E-state index contributed by atoms with van der Waals surface area (Å²) < 4.78 is 0. The lowest BCUT2D eigenvalue weighted by molar-refractivity contribution is -0.692. The maximum absolute atomic E-state index is 3.51. The minimum atomic E-state index is 0.910. The van der Waals surface area contributed by atoms with Crippen LogP contribution in [0.2, 0.25) is 0 Å². The third kappa shape index (κ3) is 3.06. The van der Waals surface area contributed by atoms with Gasteiger partial charge in [-0.1, -0.05) is 24.6 Å². The molecule has 0 aliphatic heterocycles. The molecule has 0 saturated heterocycles. The van der Waals surface area contributed by atoms with E-state index in [1.165, 1.54) is 73.7 Å². The second kappa shape index (κ2) is 6.45. The normalized spacial score (nSPS) is 16.9. The lowest BCUT2D eigenvalue weighted by Gasteiger charge is -2.19. The molecule has 0 unspecified atom stereocenters. The molecule has 108 valence electrons. The number of nitrogens with one attached hydrogen (secondary N) is 1. The van der Waals surface area contributed by atoms with E-state index in [1.807, 2.05) is 0 Å². The predicted molar refractivity (Wildman–Crippen MR) is 85.0 cm³/mol. The maximum atomic E-state index is 3.51. The first kappa shape index (κ1) is 13.7. The van der Waals surface area contributed by atoms with Crippen molar-refractivity contribution in [1.82, 2.24) is 4.98 Å². The quantitative estimate of drug-likeness (QED) is 0.782. The van der Waals surface area contributed by atoms with Gasteiger partial charge in [0.2, 0.25) is 0 Å². The zero-order chi connectivity index (χ0) is 13.8. The first-order chi connectivity index (χ1) is 9.84. The highest BCUT2D eigenvalue weighted by Gasteiger charge is 2.15. The van der Waals surface area contributed by atoms with Crippen LogP contribution in [0.25, 0.3) is 10.9 Å². The monoisotopic (exact) mass is 271 g/mol. The highest BCUT2D eigenvalue weighted by Crippen LogP contribution is 2.22. The zero-order valence-corrected chi connectivity index (χ0v) is 12.6. The Morgan fingerprint density at radius 2 is 1.95 bits per heavy atom. The van der Waals surface area contributed by atoms with Crippen molar-refractivity contribution in [1.29, 1.82) is 0 Å². The first-order valence-electron chi connectivity index (χ1n) is 8.24. The molecule has 2 nitrogen and oxygen atoms in total. The zero-order valence-electron chi connectivity index (χ0n) is 12.6. The number of benzene rings is 1. The number of quaternary nitrogens is 1. The second-order valence-corrected chi connectivity index (χ2v) is 6.30. The van der Waals surface area contributed by atoms with Gasteiger partial charge in [-0.2, -0.15) is 0 Å². The lowest BCUT2D eigenvalue weighted by atomic mass is 9.95. The summed E-state index contributed by atoms with van der Waals surface area (Å²) >= 11 is 0. The summed E-state index contributed by atoms with van der Waals surface area (Å²) in [4.78, 5) is 3.51. The Bertz CT molecular complexity index is 550. The topological polar surface area (TPSA) is 32.4 Å². The third-order valence-electron chi connectivity index (χ3n) is 4.81. The van der Waals surface area contributed by atoms with Gasteiger partial charge in [0, 0.05) is 23.0 Å². The highest BCUT2D eigenvalue weighted by molar-refractivity contribution is 5.84. The lowest BCUT2D eigenvalue weighted by Crippen LogP contribution is -2.90. The fourth-order valence-corrected chi connectivity index (χ4v) is 3.66. The van der Waals surface area contributed by atoms with E-state index in [1.54, 1.807) is 0 Å². The molecule has 1 fully saturated rings. The molecule has 0 atom stereocenters. The fourth-order valence-electron chi connectivity index (χ4n) is 3.66. The molecular formula is C18H27N2+. The molecule has 1 aliphatic carbocycles. The predicted octanol–water partition coefficient (Wildman–Crippen LogP) is 3.31. The Morgan fingerprint density at radius 1 is 1.15 bits per heavy atom. The molecule has 1 aliphatic rings. The van der Waals surface area contributed by atoms with Gasteiger partial charge in [0.1, 0.15) is 0 Å². The van der Waals surface area contributed by atoms with Gasteiger partial charge in [-0.15, -0.1) is 0 Å². The van der Waals surface area contributed by atoms with Crippen LogP contribution in [0.3, 0.4) is 0 Å². The van der Waals surface area contributed by atoms with Crippen LogP contribution in [0.4, 0.5) is 0 Å². The van der Waals surface area contributed by atoms with Crippen molar-refractivity contribution in [2.75, 3.05) is 6.54 Å². The van der Waals surface area contributed by atoms with Crippen molar-refractivity contribution in [3.63, 3.8) is 0 Å². The summed E-state index contributed by atoms with van der Waals surface area (Å²) in [6, 6.07) is 9.60. The number of aromatic nitrogens is 1. The molecule has 1 aromatic heterocycles. The van der Waals surface area contributed by atoms with Gasteiger partial charge in [0.25, 0.3) is 0 Å². The Labute approximate surface area is 122 Å². The maximum Gasteiger partial charge on any atom is 0.0859 e. The molecule has 1 heterocycles. The second-order valence-electron chi connectivity index (χ2n) is 6.30. The Morgan fingerprint density at radius 3 is 2.80 bits per heavy atom. The fraction of sp³-hybridized carbons (Fsp3) is 0.556. The number of hydrogen-bond donors (Lipinski definition) is 2. The third-order valence-corrected chi connectivity index (χ3v) is 4.81. The van der Waals surface area contributed by atoms with E-state index in [0.717, 1.165) is 6.04 Å². The van der Waals surface area contributed by atoms with Gasteiger partial charge in [-0.3, -0.25) is 0 Å². The van der Waals surface area contributed by atoms with Crippen molar-refractivity contribution in [2.24, 2.45) is 0 Å². The number of aromatic amines is 1. The standard InChI is InChI=1S/C18H26N2/c1-14-16(17-10-5-6-12-18(17)20-14)11-7-13-19-15-8-3-2-4-9-15/h5-6,10,12,15,19-20H,2-4,7-9,11,13H2,1H3/p+1. The number of H-pyrrole nitrogens is 1. The van der Waals surface area contributed by atoms with Crippen molar-refractivity contribution in [3.8, 4) is 0 Å². The SMILES string of the molecule is Cc1[nH]c2ccccc2c1CCC[NH2+]C1CCCCC1. The van der Waals surface area contributed by atoms with Gasteiger partial charge in [0.15, 0.2) is 0 Å². The Balaban J connectivity index is 1.53. The molecule has 0 spiro atoms. The van der Waals surface area contributed by atoms with E-state index in [2.05, 4.69) is 41.5 Å². The number of aryl methyl sites for hydroxylation is 2. The van der Waals surface area contributed by atoms with Crippen LogP contribution in [0.1, 0.15) is 49.8 Å². The van der Waals surface area contributed by atoms with Gasteiger partial charge >= 0.3 is 0 Å². The van der Waals surface area contributed by atoms with E-state index >= 15 is 0 Å². The van der Waals surface area contributed by atoms with Crippen LogP contribution in [0.5, 0.6) is 0 Å². The summed E-state index contributed by atoms with van der Waals surface area (Å²) in [5, 5.41) is 4.02.